The Morgan fingerprint density at radius 1 is 0.439 bits per heavy atom. The fourth-order valence-corrected chi connectivity index (χ4v) is 20.7. The van der Waals surface area contributed by atoms with E-state index in [0.29, 0.717) is 19.3 Å². The molecule has 7 heterocycles. The summed E-state index contributed by atoms with van der Waals surface area (Å²) in [7, 11) is 0. The molecule has 7 saturated heterocycles. The van der Waals surface area contributed by atoms with Crippen LogP contribution in [0.3, 0.4) is 0 Å². The molecule has 37 heteroatoms. The molecular formula is C70H114O37. The highest BCUT2D eigenvalue weighted by molar-refractivity contribution is 5.80. The number of esters is 1. The molecule has 37 nitrogen and oxygen atoms in total. The molecule has 12 rings (SSSR count). The Morgan fingerprint density at radius 3 is 1.52 bits per heavy atom. The van der Waals surface area contributed by atoms with Gasteiger partial charge in [-0.15, -0.1) is 0 Å². The van der Waals surface area contributed by atoms with E-state index in [4.69, 9.17) is 66.3 Å². The van der Waals surface area contributed by atoms with Gasteiger partial charge >= 0.3 is 5.97 Å². The number of rotatable bonds is 17. The maximum atomic E-state index is 15.8. The van der Waals surface area contributed by atoms with Gasteiger partial charge < -0.3 is 179 Å². The number of allylic oxidation sites excluding steroid dienone is 2. The van der Waals surface area contributed by atoms with Crippen molar-refractivity contribution in [1.29, 1.82) is 0 Å². The van der Waals surface area contributed by atoms with Gasteiger partial charge in [0.25, 0.3) is 0 Å². The zero-order valence-electron chi connectivity index (χ0n) is 61.1. The number of fused-ring (bicyclic) bond motifs is 7. The van der Waals surface area contributed by atoms with Crippen LogP contribution in [0.2, 0.25) is 0 Å². The van der Waals surface area contributed by atoms with Crippen molar-refractivity contribution in [3.05, 3.63) is 11.6 Å². The predicted octanol–water partition coefficient (Wildman–Crippen LogP) is -8.32. The van der Waals surface area contributed by atoms with Gasteiger partial charge in [0.2, 0.25) is 6.29 Å². The summed E-state index contributed by atoms with van der Waals surface area (Å²) in [4.78, 5) is 15.8. The fraction of sp³-hybridized carbons (Fsp3) is 0.957. The standard InChI is InChI=1S/C70H114O37/c1-23-36(79)41(84)44(87)58(96-23)102-51-31(77)21-94-57(47(51)90)101-50-25(3)98-61(49(92)53(50)104-59-45(88)42(85)37(80)24(2)97-59)105-54-38(81)30(76)20-95-63(54)107-64(93)70-13-12-65(4,5)14-27(70)26-10-11-34-66(6)15-29(75)56(67(7,22-73)55(66)28(74)16-69(34,9)68(26,8)17-35(70)78)106-62-48(91)52(40(83)33(19-72)100-62)103-60-46(89)43(86)39(82)32(18-71)99-60/h10,23-25,27-63,71-92H,11-22H2,1-9H3/t23-,24-,25-,27-,28+,29-,30-,31+,32+,33+,34+,35+,36-,37-,38-,39+,40+,41+,42+,43-,44+,45+,46+,47+,48+,49+,50-,51-,52-,53-,54+,55+,56-,57-,58-,59-,60-,61-,62-,63-,66+,67-,68+,69+,70+/m0/s1. The molecule has 0 aromatic heterocycles. The minimum Gasteiger partial charge on any atom is -0.432 e. The van der Waals surface area contributed by atoms with Gasteiger partial charge in [0.05, 0.1) is 75.8 Å². The van der Waals surface area contributed by atoms with Crippen molar-refractivity contribution in [1.82, 2.24) is 0 Å². The lowest BCUT2D eigenvalue weighted by molar-refractivity contribution is -0.395. The Morgan fingerprint density at radius 2 is 0.925 bits per heavy atom. The molecule has 616 valence electrons. The van der Waals surface area contributed by atoms with Crippen LogP contribution < -0.4 is 0 Å². The Hall–Kier alpha value is -2.19. The normalized spacial score (nSPS) is 56.5. The van der Waals surface area contributed by atoms with E-state index < -0.39 is 316 Å². The lowest BCUT2D eigenvalue weighted by Gasteiger charge is -2.73. The molecule has 7 aliphatic heterocycles. The van der Waals surface area contributed by atoms with Crippen LogP contribution >= 0.6 is 0 Å². The number of carbonyl (C=O) groups excluding carboxylic acids is 1. The highest BCUT2D eigenvalue weighted by atomic mass is 16.8. The first-order chi connectivity index (χ1) is 50.1. The minimum atomic E-state index is -2.15. The van der Waals surface area contributed by atoms with Crippen LogP contribution in [0.5, 0.6) is 0 Å². The lowest BCUT2D eigenvalue weighted by atomic mass is 9.32. The van der Waals surface area contributed by atoms with Gasteiger partial charge in [-0.2, -0.15) is 0 Å². The third-order valence-corrected chi connectivity index (χ3v) is 26.9. The third kappa shape index (κ3) is 14.4. The van der Waals surface area contributed by atoms with Crippen molar-refractivity contribution < 1.29 is 183 Å². The summed E-state index contributed by atoms with van der Waals surface area (Å²) in [5.41, 5.74) is -6.07. The Balaban J connectivity index is 0.791. The topological polar surface area (TPSA) is 591 Å². The van der Waals surface area contributed by atoms with Crippen molar-refractivity contribution in [3.63, 3.8) is 0 Å². The second kappa shape index (κ2) is 31.4. The van der Waals surface area contributed by atoms with Crippen LogP contribution in [0.15, 0.2) is 11.6 Å². The molecule has 0 aromatic carbocycles. The third-order valence-electron chi connectivity index (χ3n) is 26.9. The predicted molar refractivity (Wildman–Crippen MR) is 350 cm³/mol. The van der Waals surface area contributed by atoms with Gasteiger partial charge in [0.15, 0.2) is 43.8 Å². The average molecular weight is 1550 g/mol. The maximum absolute atomic E-state index is 15.8. The summed E-state index contributed by atoms with van der Waals surface area (Å²) in [5.74, 6) is -3.09. The first kappa shape index (κ1) is 84.2. The monoisotopic (exact) mass is 1550 g/mol. The van der Waals surface area contributed by atoms with Gasteiger partial charge in [-0.1, -0.05) is 53.2 Å². The van der Waals surface area contributed by atoms with E-state index in [9.17, 15) is 112 Å². The summed E-state index contributed by atoms with van der Waals surface area (Å²) >= 11 is 0. The van der Waals surface area contributed by atoms with Crippen molar-refractivity contribution in [2.24, 2.45) is 50.2 Å². The molecule has 0 unspecified atom stereocenters. The van der Waals surface area contributed by atoms with Crippen molar-refractivity contribution in [2.45, 2.75) is 334 Å². The number of carbonyl (C=O) groups is 1. The molecule has 4 saturated carbocycles. The van der Waals surface area contributed by atoms with Crippen molar-refractivity contribution in [3.8, 4) is 0 Å². The van der Waals surface area contributed by atoms with Crippen molar-refractivity contribution in [2.75, 3.05) is 33.0 Å². The first-order valence-electron chi connectivity index (χ1n) is 37.2. The van der Waals surface area contributed by atoms with Crippen LogP contribution in [0.4, 0.5) is 0 Å². The molecule has 12 aliphatic rings. The summed E-state index contributed by atoms with van der Waals surface area (Å²) in [6.07, 6.45) is -60.9. The minimum absolute atomic E-state index is 0.0393. The SMILES string of the molecule is C[C@@H]1O[C@@H](O[C@@H]2[C@@H](O)[C@H](O[C@@H]3[C@@H](O[C@@H]4O[C@@H](C)[C@H](O)[C@@H](O)[C@H]4O)[C@@H](O)[C@H](O[C@H]4[C@H](OC(=O)[C@]56CCC(C)(C)C[C@H]5C5=CC[C@@H]7[C@@]8(C)C[C@H](O)[C@H](O[C@@H]9O[C@H](CO)[C@@H](O)[C@H](O[C@@H]%10O[C@H](CO)[C@@H](O)[C@H](O)[C@H]%10O)[C@H]9O)[C@@](C)(CO)[C@@H]8[C@H](O)C[C@@]7(C)[C@]5(C)C[C@H]6O)OC[C@H](O)[C@@H]4O)O[C@H]3C)OC[C@H]2O)[C@H](O)[C@H](O)[C@H]1O. The molecule has 0 bridgehead atoms. The average Bonchev–Trinajstić information content (AvgIpc) is 0.665. The highest BCUT2D eigenvalue weighted by Crippen LogP contribution is 2.76. The van der Waals surface area contributed by atoms with Gasteiger partial charge in [-0.05, 0) is 99.2 Å². The molecule has 107 heavy (non-hydrogen) atoms. The smallest absolute Gasteiger partial charge is 0.317 e. The highest BCUT2D eigenvalue weighted by Gasteiger charge is 2.75. The molecule has 22 N–H and O–H groups in total. The van der Waals surface area contributed by atoms with Crippen LogP contribution in [-0.4, -0.2) is 378 Å². The summed E-state index contributed by atoms with van der Waals surface area (Å²) in [6.45, 7) is 12.1. The molecule has 11 fully saturated rings. The van der Waals surface area contributed by atoms with E-state index in [-0.39, 0.29) is 25.7 Å². The Labute approximate surface area is 616 Å². The van der Waals surface area contributed by atoms with E-state index in [2.05, 4.69) is 6.08 Å². The number of hydrogen-bond acceptors (Lipinski definition) is 37. The summed E-state index contributed by atoms with van der Waals surface area (Å²) in [6, 6.07) is 0. The van der Waals surface area contributed by atoms with E-state index in [0.717, 1.165) is 5.57 Å². The van der Waals surface area contributed by atoms with Crippen LogP contribution in [0.25, 0.3) is 0 Å². The molecule has 0 spiro atoms. The Bertz CT molecular complexity index is 3070. The van der Waals surface area contributed by atoms with Crippen LogP contribution in [0.1, 0.15) is 107 Å². The number of hydrogen-bond donors (Lipinski definition) is 22. The number of ether oxygens (including phenoxy) is 14. The zero-order valence-corrected chi connectivity index (χ0v) is 61.1. The molecular weight excluding hydrogens is 1430 g/mol. The molecule has 45 atom stereocenters. The zero-order chi connectivity index (χ0) is 78.3. The van der Waals surface area contributed by atoms with E-state index in [1.54, 1.807) is 6.92 Å². The van der Waals surface area contributed by atoms with Crippen LogP contribution in [0, 0.1) is 50.2 Å². The largest absolute Gasteiger partial charge is 0.432 e. The van der Waals surface area contributed by atoms with E-state index >= 15 is 4.79 Å². The fourth-order valence-electron chi connectivity index (χ4n) is 20.7. The summed E-state index contributed by atoms with van der Waals surface area (Å²) in [5, 5.41) is 248. The second-order valence-corrected chi connectivity index (χ2v) is 34.0. The van der Waals surface area contributed by atoms with Gasteiger partial charge in [0.1, 0.15) is 140 Å². The second-order valence-electron chi connectivity index (χ2n) is 34.0. The quantitative estimate of drug-likeness (QED) is 0.0365. The molecule has 0 amide bonds. The lowest BCUT2D eigenvalue weighted by Crippen LogP contribution is -2.73. The van der Waals surface area contributed by atoms with Gasteiger partial charge in [-0.25, -0.2) is 0 Å². The van der Waals surface area contributed by atoms with Crippen LogP contribution in [-0.2, 0) is 71.1 Å². The Kier molecular flexibility index (Phi) is 24.7. The van der Waals surface area contributed by atoms with Gasteiger partial charge in [-0.3, -0.25) is 4.79 Å². The number of aliphatic hydroxyl groups excluding tert-OH is 22. The maximum Gasteiger partial charge on any atom is 0.317 e. The van der Waals surface area contributed by atoms with Crippen molar-refractivity contribution >= 4 is 5.97 Å². The first-order valence-corrected chi connectivity index (χ1v) is 37.2. The van der Waals surface area contributed by atoms with E-state index in [1.807, 2.05) is 34.6 Å². The molecule has 0 radical (unpaired) electrons. The summed E-state index contributed by atoms with van der Waals surface area (Å²) < 4.78 is 83.9. The molecule has 5 aliphatic carbocycles. The molecule has 0 aromatic rings. The van der Waals surface area contributed by atoms with Gasteiger partial charge in [0, 0.05) is 11.3 Å². The van der Waals surface area contributed by atoms with E-state index in [1.165, 1.54) is 20.8 Å². The number of aliphatic hydroxyl groups is 22.